The number of carbonyl (C=O) groups excluding carboxylic acids is 1. The van der Waals surface area contributed by atoms with Gasteiger partial charge in [0.15, 0.2) is 0 Å². The zero-order valence-corrected chi connectivity index (χ0v) is 10.7. The highest BCUT2D eigenvalue weighted by Gasteiger charge is 2.33. The Bertz CT molecular complexity index is 200. The van der Waals surface area contributed by atoms with Gasteiger partial charge in [-0.25, -0.2) is 0 Å². The zero-order valence-electron chi connectivity index (χ0n) is 10.7. The molecule has 1 saturated heterocycles. The van der Waals surface area contributed by atoms with Crippen molar-refractivity contribution in [3.05, 3.63) is 0 Å². The first-order chi connectivity index (χ1) is 7.76. The Morgan fingerprint density at radius 1 is 1.31 bits per heavy atom. The van der Waals surface area contributed by atoms with E-state index < -0.39 is 0 Å². The maximum Gasteiger partial charge on any atom is 0.127 e. The number of ether oxygens (including phenoxy) is 1. The normalized spacial score (nSPS) is 19.9. The third kappa shape index (κ3) is 3.87. The van der Waals surface area contributed by atoms with E-state index in [0.717, 1.165) is 45.7 Å². The minimum Gasteiger partial charge on any atom is -0.381 e. The first kappa shape index (κ1) is 13.7. The Morgan fingerprint density at radius 2 is 2.00 bits per heavy atom. The van der Waals surface area contributed by atoms with Crippen LogP contribution in [0.25, 0.3) is 0 Å². The van der Waals surface area contributed by atoms with Crippen LogP contribution in [0.1, 0.15) is 39.5 Å². The third-order valence-corrected chi connectivity index (χ3v) is 3.55. The molecule has 3 heteroatoms. The molecule has 0 spiro atoms. The molecule has 16 heavy (non-hydrogen) atoms. The monoisotopic (exact) mass is 227 g/mol. The fourth-order valence-corrected chi connectivity index (χ4v) is 2.27. The van der Waals surface area contributed by atoms with Crippen molar-refractivity contribution in [2.45, 2.75) is 39.5 Å². The van der Waals surface area contributed by atoms with Crippen LogP contribution < -0.4 is 0 Å². The van der Waals surface area contributed by atoms with E-state index in [1.165, 1.54) is 19.1 Å². The second kappa shape index (κ2) is 7.02. The number of nitrogens with zero attached hydrogens (tertiary/aromatic N) is 1. The number of rotatable bonds is 7. The smallest absolute Gasteiger partial charge is 0.127 e. The molecule has 1 aliphatic rings. The highest BCUT2D eigenvalue weighted by atomic mass is 16.5. The second-order valence-electron chi connectivity index (χ2n) is 4.81. The molecule has 3 nitrogen and oxygen atoms in total. The van der Waals surface area contributed by atoms with Crippen LogP contribution in [0.5, 0.6) is 0 Å². The largest absolute Gasteiger partial charge is 0.381 e. The molecular weight excluding hydrogens is 202 g/mol. The van der Waals surface area contributed by atoms with E-state index in [2.05, 4.69) is 18.7 Å². The lowest BCUT2D eigenvalue weighted by Crippen LogP contribution is -2.43. The van der Waals surface area contributed by atoms with Crippen LogP contribution in [0.4, 0.5) is 0 Å². The molecule has 1 fully saturated rings. The van der Waals surface area contributed by atoms with Crippen molar-refractivity contribution in [2.24, 2.45) is 5.41 Å². The second-order valence-corrected chi connectivity index (χ2v) is 4.81. The Labute approximate surface area is 99.1 Å². The van der Waals surface area contributed by atoms with Gasteiger partial charge in [-0.15, -0.1) is 0 Å². The van der Waals surface area contributed by atoms with Crippen LogP contribution in [0.2, 0.25) is 0 Å². The van der Waals surface area contributed by atoms with Gasteiger partial charge in [0.2, 0.25) is 0 Å². The van der Waals surface area contributed by atoms with E-state index in [1.807, 2.05) is 0 Å². The molecular formula is C13H25NO2. The van der Waals surface area contributed by atoms with E-state index in [4.69, 9.17) is 4.74 Å². The van der Waals surface area contributed by atoms with Gasteiger partial charge < -0.3 is 14.4 Å². The van der Waals surface area contributed by atoms with Crippen molar-refractivity contribution >= 4 is 6.29 Å². The van der Waals surface area contributed by atoms with E-state index in [0.29, 0.717) is 0 Å². The Kier molecular flexibility index (Phi) is 5.99. The fourth-order valence-electron chi connectivity index (χ4n) is 2.27. The van der Waals surface area contributed by atoms with Gasteiger partial charge >= 0.3 is 0 Å². The fraction of sp³-hybridized carbons (Fsp3) is 0.923. The van der Waals surface area contributed by atoms with Gasteiger partial charge in [-0.2, -0.15) is 0 Å². The van der Waals surface area contributed by atoms with Gasteiger partial charge in [-0.05, 0) is 32.4 Å². The lowest BCUT2D eigenvalue weighted by Gasteiger charge is -2.36. The highest BCUT2D eigenvalue weighted by molar-refractivity contribution is 5.60. The average Bonchev–Trinajstić information content (AvgIpc) is 2.35. The molecule has 94 valence electrons. The molecule has 0 aromatic heterocycles. The maximum atomic E-state index is 11.3. The minimum atomic E-state index is -0.137. The molecule has 0 saturated carbocycles. The summed E-state index contributed by atoms with van der Waals surface area (Å²) in [4.78, 5) is 13.7. The van der Waals surface area contributed by atoms with Gasteiger partial charge in [0.1, 0.15) is 6.29 Å². The van der Waals surface area contributed by atoms with Gasteiger partial charge in [-0.3, -0.25) is 0 Å². The standard InChI is InChI=1S/C13H25NO2/c1-3-5-8-14(4-2)11-13(12-15)6-9-16-10-7-13/h12H,3-11H2,1-2H3. The molecule has 1 heterocycles. The van der Waals surface area contributed by atoms with Crippen molar-refractivity contribution in [1.29, 1.82) is 0 Å². The Hall–Kier alpha value is -0.410. The van der Waals surface area contributed by atoms with E-state index in [1.54, 1.807) is 0 Å². The average molecular weight is 227 g/mol. The molecule has 0 bridgehead atoms. The van der Waals surface area contributed by atoms with Crippen LogP contribution in [0.15, 0.2) is 0 Å². The predicted molar refractivity (Wildman–Crippen MR) is 65.6 cm³/mol. The zero-order chi connectivity index (χ0) is 11.9. The van der Waals surface area contributed by atoms with Crippen molar-refractivity contribution in [1.82, 2.24) is 4.90 Å². The van der Waals surface area contributed by atoms with Crippen LogP contribution in [0, 0.1) is 5.41 Å². The van der Waals surface area contributed by atoms with Crippen LogP contribution in [-0.2, 0) is 9.53 Å². The minimum absolute atomic E-state index is 0.137. The van der Waals surface area contributed by atoms with E-state index in [-0.39, 0.29) is 5.41 Å². The Balaban J connectivity index is 2.48. The quantitative estimate of drug-likeness (QED) is 0.624. The molecule has 0 radical (unpaired) electrons. The number of carbonyl (C=O) groups is 1. The van der Waals surface area contributed by atoms with Crippen molar-refractivity contribution in [3.63, 3.8) is 0 Å². The lowest BCUT2D eigenvalue weighted by molar-refractivity contribution is -0.123. The van der Waals surface area contributed by atoms with Gasteiger partial charge in [0.05, 0.1) is 0 Å². The molecule has 0 aromatic carbocycles. The van der Waals surface area contributed by atoms with E-state index in [9.17, 15) is 4.79 Å². The highest BCUT2D eigenvalue weighted by Crippen LogP contribution is 2.29. The van der Waals surface area contributed by atoms with Gasteiger partial charge in [0, 0.05) is 25.2 Å². The summed E-state index contributed by atoms with van der Waals surface area (Å²) >= 11 is 0. The van der Waals surface area contributed by atoms with Crippen molar-refractivity contribution < 1.29 is 9.53 Å². The molecule has 0 unspecified atom stereocenters. The summed E-state index contributed by atoms with van der Waals surface area (Å²) in [7, 11) is 0. The molecule has 0 aliphatic carbocycles. The molecule has 0 amide bonds. The molecule has 1 aliphatic heterocycles. The van der Waals surface area contributed by atoms with Crippen LogP contribution in [0.3, 0.4) is 0 Å². The predicted octanol–water partition coefficient (Wildman–Crippen LogP) is 2.10. The summed E-state index contributed by atoms with van der Waals surface area (Å²) in [5, 5.41) is 0. The number of hydrogen-bond acceptors (Lipinski definition) is 3. The molecule has 0 atom stereocenters. The van der Waals surface area contributed by atoms with Gasteiger partial charge in [-0.1, -0.05) is 20.3 Å². The van der Waals surface area contributed by atoms with Crippen molar-refractivity contribution in [2.75, 3.05) is 32.8 Å². The molecule has 1 rings (SSSR count). The van der Waals surface area contributed by atoms with Crippen molar-refractivity contribution in [3.8, 4) is 0 Å². The first-order valence-corrected chi connectivity index (χ1v) is 6.53. The summed E-state index contributed by atoms with van der Waals surface area (Å²) in [6.07, 6.45) is 5.38. The topological polar surface area (TPSA) is 29.5 Å². The molecule has 0 aromatic rings. The van der Waals surface area contributed by atoms with Crippen LogP contribution >= 0.6 is 0 Å². The van der Waals surface area contributed by atoms with Crippen LogP contribution in [-0.4, -0.2) is 44.0 Å². The summed E-state index contributed by atoms with van der Waals surface area (Å²) in [5.74, 6) is 0. The summed E-state index contributed by atoms with van der Waals surface area (Å²) in [6, 6.07) is 0. The first-order valence-electron chi connectivity index (χ1n) is 6.53. The Morgan fingerprint density at radius 3 is 2.50 bits per heavy atom. The molecule has 0 N–H and O–H groups in total. The summed E-state index contributed by atoms with van der Waals surface area (Å²) in [6.45, 7) is 8.93. The maximum absolute atomic E-state index is 11.3. The van der Waals surface area contributed by atoms with Gasteiger partial charge in [0.25, 0.3) is 0 Å². The number of hydrogen-bond donors (Lipinski definition) is 0. The third-order valence-electron chi connectivity index (χ3n) is 3.55. The summed E-state index contributed by atoms with van der Waals surface area (Å²) in [5.41, 5.74) is -0.137. The lowest BCUT2D eigenvalue weighted by atomic mass is 9.81. The number of unbranched alkanes of at least 4 members (excludes halogenated alkanes) is 1. The summed E-state index contributed by atoms with van der Waals surface area (Å²) < 4.78 is 5.35. The SMILES string of the molecule is CCCCN(CC)CC1(C=O)CCOCC1. The number of aldehydes is 1. The van der Waals surface area contributed by atoms with E-state index >= 15 is 0 Å².